The summed E-state index contributed by atoms with van der Waals surface area (Å²) in [5.41, 5.74) is -1.63. The first-order chi connectivity index (χ1) is 14.9. The van der Waals surface area contributed by atoms with Crippen LogP contribution in [-0.4, -0.2) is 83.9 Å². The fraction of sp³-hybridized carbons (Fsp3) is 0.870. The molecule has 2 aliphatic rings. The highest BCUT2D eigenvalue weighted by Crippen LogP contribution is 2.39. The number of piperidine rings is 2. The first-order valence-corrected chi connectivity index (χ1v) is 11.8. The summed E-state index contributed by atoms with van der Waals surface area (Å²) in [5, 5.41) is 27.6. The lowest BCUT2D eigenvalue weighted by molar-refractivity contribution is -0.255. The molecule has 0 aliphatic carbocycles. The van der Waals surface area contributed by atoms with Crippen LogP contribution in [0.15, 0.2) is 0 Å². The number of nitrogens with one attached hydrogen (secondary N) is 1. The van der Waals surface area contributed by atoms with Gasteiger partial charge < -0.3 is 25.4 Å². The summed E-state index contributed by atoms with van der Waals surface area (Å²) in [6.07, 6.45) is 2.64. The van der Waals surface area contributed by atoms with Crippen molar-refractivity contribution < 1.29 is 15.2 Å². The molecule has 0 amide bonds. The highest BCUT2D eigenvalue weighted by molar-refractivity contribution is 5.38. The summed E-state index contributed by atoms with van der Waals surface area (Å²) in [7, 11) is 3.77. The van der Waals surface area contributed by atoms with Gasteiger partial charge in [-0.05, 0) is 68.2 Å². The standard InChI is InChI=1S/C23H43N7O3/c1-20(2)11-15(12-21(3,4)29(20)31)24-17-25-18(28(9)10)27-19(26-17)33-16-13-22(5,6)30(32)23(7,8)14-16/h15-16,31-32H,11-14H2,1-10H3,(H,24,25,26,27). The summed E-state index contributed by atoms with van der Waals surface area (Å²) in [5.74, 6) is 0.975. The molecule has 10 nitrogen and oxygen atoms in total. The van der Waals surface area contributed by atoms with Crippen LogP contribution < -0.4 is 15.0 Å². The molecule has 0 radical (unpaired) electrons. The first kappa shape index (κ1) is 25.9. The Morgan fingerprint density at radius 3 is 1.70 bits per heavy atom. The van der Waals surface area contributed by atoms with Gasteiger partial charge in [-0.2, -0.15) is 25.1 Å². The lowest BCUT2D eigenvalue weighted by Gasteiger charge is -2.51. The second-order valence-electron chi connectivity index (χ2n) is 12.4. The molecule has 2 aliphatic heterocycles. The Morgan fingerprint density at radius 2 is 1.24 bits per heavy atom. The van der Waals surface area contributed by atoms with Crippen LogP contribution in [0.5, 0.6) is 6.01 Å². The van der Waals surface area contributed by atoms with Gasteiger partial charge in [-0.3, -0.25) is 0 Å². The van der Waals surface area contributed by atoms with Crippen LogP contribution in [0.25, 0.3) is 0 Å². The molecule has 0 aromatic carbocycles. The summed E-state index contributed by atoms with van der Waals surface area (Å²) in [4.78, 5) is 15.5. The maximum Gasteiger partial charge on any atom is 0.323 e. The number of aromatic nitrogens is 3. The highest BCUT2D eigenvalue weighted by atomic mass is 16.5. The van der Waals surface area contributed by atoms with Gasteiger partial charge in [0.1, 0.15) is 6.10 Å². The average molecular weight is 466 g/mol. The predicted molar refractivity (Wildman–Crippen MR) is 128 cm³/mol. The molecule has 0 unspecified atom stereocenters. The normalized spacial score (nSPS) is 25.6. The Kier molecular flexibility index (Phi) is 6.65. The van der Waals surface area contributed by atoms with Crippen LogP contribution in [-0.2, 0) is 0 Å². The van der Waals surface area contributed by atoms with E-state index >= 15 is 0 Å². The molecule has 2 fully saturated rings. The number of hydroxylamine groups is 4. The van der Waals surface area contributed by atoms with Gasteiger partial charge in [-0.15, -0.1) is 0 Å². The van der Waals surface area contributed by atoms with Gasteiger partial charge in [0.05, 0.1) is 0 Å². The van der Waals surface area contributed by atoms with Crippen LogP contribution in [0.2, 0.25) is 0 Å². The Balaban J connectivity index is 1.83. The largest absolute Gasteiger partial charge is 0.460 e. The Morgan fingerprint density at radius 1 is 0.788 bits per heavy atom. The van der Waals surface area contributed by atoms with E-state index in [0.717, 1.165) is 12.8 Å². The Labute approximate surface area is 198 Å². The van der Waals surface area contributed by atoms with Gasteiger partial charge in [0.15, 0.2) is 0 Å². The quantitative estimate of drug-likeness (QED) is 0.597. The molecule has 0 saturated carbocycles. The van der Waals surface area contributed by atoms with E-state index in [2.05, 4.69) is 20.3 Å². The summed E-state index contributed by atoms with van der Waals surface area (Å²) >= 11 is 0. The van der Waals surface area contributed by atoms with E-state index in [9.17, 15) is 10.4 Å². The van der Waals surface area contributed by atoms with Gasteiger partial charge in [0.25, 0.3) is 0 Å². The third-order valence-electron chi connectivity index (χ3n) is 6.85. The molecule has 10 heteroatoms. The van der Waals surface area contributed by atoms with E-state index in [1.165, 1.54) is 10.1 Å². The number of rotatable bonds is 5. The third kappa shape index (κ3) is 5.50. The van der Waals surface area contributed by atoms with Gasteiger partial charge in [0, 0.05) is 55.1 Å². The predicted octanol–water partition coefficient (Wildman–Crippen LogP) is 3.55. The van der Waals surface area contributed by atoms with E-state index in [1.54, 1.807) is 0 Å². The molecule has 2 saturated heterocycles. The van der Waals surface area contributed by atoms with Crippen molar-refractivity contribution in [1.82, 2.24) is 25.1 Å². The monoisotopic (exact) mass is 465 g/mol. The molecule has 3 rings (SSSR count). The number of hydrogen-bond acceptors (Lipinski definition) is 10. The zero-order valence-corrected chi connectivity index (χ0v) is 22.0. The van der Waals surface area contributed by atoms with Crippen LogP contribution in [0.1, 0.15) is 81.1 Å². The van der Waals surface area contributed by atoms with Crippen LogP contribution in [0, 0.1) is 0 Å². The van der Waals surface area contributed by atoms with Crippen molar-refractivity contribution in [2.75, 3.05) is 24.3 Å². The molecule has 1 aromatic heterocycles. The molecule has 188 valence electrons. The molecule has 3 heterocycles. The minimum Gasteiger partial charge on any atom is -0.460 e. The van der Waals surface area contributed by atoms with Gasteiger partial charge in [0.2, 0.25) is 11.9 Å². The van der Waals surface area contributed by atoms with E-state index in [-0.39, 0.29) is 29.2 Å². The van der Waals surface area contributed by atoms with Crippen molar-refractivity contribution in [3.8, 4) is 6.01 Å². The second kappa shape index (κ2) is 8.48. The molecular formula is C23H43N7O3. The van der Waals surface area contributed by atoms with Crippen molar-refractivity contribution in [3.63, 3.8) is 0 Å². The first-order valence-electron chi connectivity index (χ1n) is 11.8. The molecule has 33 heavy (non-hydrogen) atoms. The maximum atomic E-state index is 10.6. The summed E-state index contributed by atoms with van der Waals surface area (Å²) in [6, 6.07) is 0.358. The van der Waals surface area contributed by atoms with Crippen molar-refractivity contribution in [2.45, 2.75) is 115 Å². The van der Waals surface area contributed by atoms with Gasteiger partial charge in [-0.25, -0.2) is 0 Å². The second-order valence-corrected chi connectivity index (χ2v) is 12.4. The van der Waals surface area contributed by atoms with E-state index in [1.807, 2.05) is 74.4 Å². The molecule has 0 bridgehead atoms. The van der Waals surface area contributed by atoms with E-state index < -0.39 is 11.1 Å². The Hall–Kier alpha value is -1.75. The number of anilines is 2. The molecule has 3 N–H and O–H groups in total. The molecule has 1 aromatic rings. The summed E-state index contributed by atoms with van der Waals surface area (Å²) < 4.78 is 6.28. The van der Waals surface area contributed by atoms with Crippen LogP contribution in [0.4, 0.5) is 11.9 Å². The highest BCUT2D eigenvalue weighted by Gasteiger charge is 2.47. The maximum absolute atomic E-state index is 10.6. The zero-order chi connectivity index (χ0) is 25.0. The third-order valence-corrected chi connectivity index (χ3v) is 6.85. The van der Waals surface area contributed by atoms with Crippen molar-refractivity contribution >= 4 is 11.9 Å². The SMILES string of the molecule is CN(C)c1nc(NC2CC(C)(C)N(O)C(C)(C)C2)nc(OC2CC(C)(C)N(O)C(C)(C)C2)n1. The number of nitrogens with zero attached hydrogens (tertiary/aromatic N) is 6. The minimum absolute atomic E-state index is 0.0826. The van der Waals surface area contributed by atoms with Crippen LogP contribution >= 0.6 is 0 Å². The molecule has 0 spiro atoms. The van der Waals surface area contributed by atoms with Crippen molar-refractivity contribution in [3.05, 3.63) is 0 Å². The lowest BCUT2D eigenvalue weighted by atomic mass is 9.79. The topological polar surface area (TPSA) is 110 Å². The van der Waals surface area contributed by atoms with E-state index in [4.69, 9.17) is 4.74 Å². The number of hydrogen-bond donors (Lipinski definition) is 3. The fourth-order valence-corrected chi connectivity index (χ4v) is 5.63. The molecule has 0 atom stereocenters. The van der Waals surface area contributed by atoms with Crippen molar-refractivity contribution in [1.29, 1.82) is 0 Å². The Bertz CT molecular complexity index is 758. The van der Waals surface area contributed by atoms with Gasteiger partial charge >= 0.3 is 6.01 Å². The number of ether oxygens (including phenoxy) is 1. The zero-order valence-electron chi connectivity index (χ0n) is 22.0. The average Bonchev–Trinajstić information content (AvgIpc) is 2.63. The lowest BCUT2D eigenvalue weighted by Crippen LogP contribution is -2.61. The van der Waals surface area contributed by atoms with Crippen LogP contribution in [0.3, 0.4) is 0 Å². The smallest absolute Gasteiger partial charge is 0.323 e. The van der Waals surface area contributed by atoms with E-state index in [0.29, 0.717) is 24.7 Å². The van der Waals surface area contributed by atoms with Gasteiger partial charge in [-0.1, -0.05) is 0 Å². The van der Waals surface area contributed by atoms with Crippen molar-refractivity contribution in [2.24, 2.45) is 0 Å². The summed E-state index contributed by atoms with van der Waals surface area (Å²) in [6.45, 7) is 16.2. The fourth-order valence-electron chi connectivity index (χ4n) is 5.63. The minimum atomic E-state index is -0.430. The molecular weight excluding hydrogens is 422 g/mol.